The standard InChI is InChI=1S/C43H60N6O10S/c50-38-37-24-34(59-42(54)48-26-30-15-14-29(23-31(30)27-48)9-8-18-47-19-21-57-22-20-47)28-49(37)39(51)36(44-41(53)58-33-11-6-7-12-33)13-5-3-1-2-4-10-32-25-43(32,45-38)40(52)46-60(55,56)35-16-17-35/h4,10,14-15,23,32-37H,1-3,5-9,11-13,16-22,24-28H2,(H,44,53)(H,45,50)(H,46,52)/t32-,34-,36+,37+,43-/m1/s1. The molecule has 3 N–H and O–H groups in total. The van der Waals surface area contributed by atoms with Crippen molar-refractivity contribution in [1.82, 2.24) is 30.1 Å². The van der Waals surface area contributed by atoms with E-state index in [4.69, 9.17) is 14.2 Å². The van der Waals surface area contributed by atoms with Crippen LogP contribution in [-0.2, 0) is 58.1 Å². The Morgan fingerprint density at radius 1 is 0.917 bits per heavy atom. The van der Waals surface area contributed by atoms with Gasteiger partial charge in [0.2, 0.25) is 21.8 Å². The minimum atomic E-state index is -3.91. The zero-order chi connectivity index (χ0) is 41.9. The van der Waals surface area contributed by atoms with Gasteiger partial charge in [0.15, 0.2) is 0 Å². The molecule has 17 heteroatoms. The number of alkyl carbamates (subject to hydrolysis) is 1. The molecule has 0 aromatic heterocycles. The van der Waals surface area contributed by atoms with E-state index < -0.39 is 74.8 Å². The maximum absolute atomic E-state index is 14.5. The summed E-state index contributed by atoms with van der Waals surface area (Å²) in [5.41, 5.74) is 1.78. The number of nitrogens with zero attached hydrogens (tertiary/aromatic N) is 3. The molecule has 4 heterocycles. The molecule has 5 amide bonds. The second kappa shape index (κ2) is 18.4. The van der Waals surface area contributed by atoms with E-state index in [1.807, 2.05) is 12.2 Å². The minimum absolute atomic E-state index is 0.0464. The number of fused-ring (bicyclic) bond motifs is 3. The van der Waals surface area contributed by atoms with E-state index in [-0.39, 0.29) is 25.5 Å². The van der Waals surface area contributed by atoms with Crippen LogP contribution in [0.15, 0.2) is 30.4 Å². The van der Waals surface area contributed by atoms with Crippen LogP contribution in [0.2, 0.25) is 0 Å². The van der Waals surface area contributed by atoms with Gasteiger partial charge in [0.05, 0.1) is 25.0 Å². The number of aryl methyl sites for hydroxylation is 1. The number of nitrogens with one attached hydrogen (secondary N) is 3. The van der Waals surface area contributed by atoms with Crippen molar-refractivity contribution in [3.05, 3.63) is 47.0 Å². The predicted molar refractivity (Wildman–Crippen MR) is 219 cm³/mol. The fourth-order valence-electron chi connectivity index (χ4n) is 9.46. The van der Waals surface area contributed by atoms with Gasteiger partial charge in [-0.1, -0.05) is 43.2 Å². The topological polar surface area (TPSA) is 193 Å². The van der Waals surface area contributed by atoms with Crippen LogP contribution in [0.3, 0.4) is 0 Å². The van der Waals surface area contributed by atoms with E-state index in [9.17, 15) is 32.4 Å². The molecular weight excluding hydrogens is 793 g/mol. The zero-order valence-electron chi connectivity index (χ0n) is 34.4. The number of carbonyl (C=O) groups excluding carboxylic acids is 5. The molecule has 1 aromatic carbocycles. The number of amides is 5. The van der Waals surface area contributed by atoms with Crippen LogP contribution in [0.1, 0.15) is 107 Å². The van der Waals surface area contributed by atoms with E-state index in [2.05, 4.69) is 38.5 Å². The summed E-state index contributed by atoms with van der Waals surface area (Å²) in [7, 11) is -3.91. The second-order valence-electron chi connectivity index (χ2n) is 17.8. The van der Waals surface area contributed by atoms with E-state index >= 15 is 0 Å². The molecule has 1 aromatic rings. The van der Waals surface area contributed by atoms with Gasteiger partial charge in [0.25, 0.3) is 5.91 Å². The molecule has 328 valence electrons. The lowest BCUT2D eigenvalue weighted by atomic mass is 10.0. The van der Waals surface area contributed by atoms with Crippen LogP contribution in [-0.4, -0.2) is 127 Å². The summed E-state index contributed by atoms with van der Waals surface area (Å²) in [4.78, 5) is 75.0. The van der Waals surface area contributed by atoms with Crippen LogP contribution < -0.4 is 15.4 Å². The second-order valence-corrected chi connectivity index (χ2v) is 19.7. The van der Waals surface area contributed by atoms with Crippen molar-refractivity contribution in [3.63, 3.8) is 0 Å². The summed E-state index contributed by atoms with van der Waals surface area (Å²) in [6.45, 7) is 5.09. The van der Waals surface area contributed by atoms with Gasteiger partial charge in [-0.15, -0.1) is 0 Å². The molecular formula is C43H60N6O10S. The summed E-state index contributed by atoms with van der Waals surface area (Å²) >= 11 is 0. The molecule has 4 aliphatic heterocycles. The molecule has 60 heavy (non-hydrogen) atoms. The first-order chi connectivity index (χ1) is 29.0. The number of rotatable bonds is 10. The molecule has 0 unspecified atom stereocenters. The van der Waals surface area contributed by atoms with Gasteiger partial charge < -0.3 is 29.7 Å². The van der Waals surface area contributed by atoms with Crippen LogP contribution in [0, 0.1) is 5.92 Å². The largest absolute Gasteiger partial charge is 0.446 e. The molecule has 5 fully saturated rings. The molecule has 16 nitrogen and oxygen atoms in total. The summed E-state index contributed by atoms with van der Waals surface area (Å²) in [6, 6.07) is 4.16. The summed E-state index contributed by atoms with van der Waals surface area (Å²) in [6.07, 6.45) is 11.1. The van der Waals surface area contributed by atoms with Crippen molar-refractivity contribution >= 4 is 39.9 Å². The Morgan fingerprint density at radius 2 is 1.68 bits per heavy atom. The number of allylic oxidation sites excluding steroid dienone is 1. The highest BCUT2D eigenvalue weighted by molar-refractivity contribution is 7.91. The predicted octanol–water partition coefficient (Wildman–Crippen LogP) is 3.41. The Balaban J connectivity index is 0.966. The number of sulfonamides is 1. The molecule has 7 aliphatic rings. The van der Waals surface area contributed by atoms with Crippen LogP contribution in [0.5, 0.6) is 0 Å². The third kappa shape index (κ3) is 10.1. The van der Waals surface area contributed by atoms with Crippen LogP contribution in [0.25, 0.3) is 0 Å². The van der Waals surface area contributed by atoms with Gasteiger partial charge >= 0.3 is 12.2 Å². The van der Waals surface area contributed by atoms with Gasteiger partial charge in [-0.25, -0.2) is 18.0 Å². The maximum Gasteiger partial charge on any atom is 0.410 e. The lowest BCUT2D eigenvalue weighted by Gasteiger charge is -2.30. The molecule has 5 atom stereocenters. The van der Waals surface area contributed by atoms with Gasteiger partial charge in [-0.05, 0) is 100 Å². The third-order valence-corrected chi connectivity index (χ3v) is 15.1. The Morgan fingerprint density at radius 3 is 2.47 bits per heavy atom. The SMILES string of the molecule is O=C(N[C@H]1CCCCCC=C[C@@H]2C[C@@]2(C(=O)NS(=O)(=O)C2CC2)NC(=O)[C@@H]2C[C@@H](OC(=O)N3Cc4ccc(CCCN5CCOCC5)cc4C3)CN2C1=O)OC1CCCC1. The van der Waals surface area contributed by atoms with Crippen molar-refractivity contribution in [1.29, 1.82) is 0 Å². The van der Waals surface area contributed by atoms with Gasteiger partial charge in [0, 0.05) is 38.5 Å². The normalized spacial score (nSPS) is 29.1. The van der Waals surface area contributed by atoms with Gasteiger partial charge in [-0.2, -0.15) is 0 Å². The molecule has 2 saturated heterocycles. The van der Waals surface area contributed by atoms with Gasteiger partial charge in [-0.3, -0.25) is 28.9 Å². The van der Waals surface area contributed by atoms with Crippen molar-refractivity contribution in [2.24, 2.45) is 5.92 Å². The van der Waals surface area contributed by atoms with E-state index in [0.717, 1.165) is 95.3 Å². The van der Waals surface area contributed by atoms with Crippen molar-refractivity contribution in [3.8, 4) is 0 Å². The van der Waals surface area contributed by atoms with Gasteiger partial charge in [0.1, 0.15) is 29.8 Å². The van der Waals surface area contributed by atoms with E-state index in [1.165, 1.54) is 10.5 Å². The highest BCUT2D eigenvalue weighted by atomic mass is 32.2. The maximum atomic E-state index is 14.5. The number of hydrogen-bond acceptors (Lipinski definition) is 11. The van der Waals surface area contributed by atoms with E-state index in [0.29, 0.717) is 45.2 Å². The smallest absolute Gasteiger partial charge is 0.410 e. The van der Waals surface area contributed by atoms with Crippen molar-refractivity contribution in [2.45, 2.75) is 144 Å². The molecule has 3 aliphatic carbocycles. The Labute approximate surface area is 352 Å². The summed E-state index contributed by atoms with van der Waals surface area (Å²) in [5, 5.41) is 5.02. The highest BCUT2D eigenvalue weighted by Gasteiger charge is 2.62. The molecule has 3 saturated carbocycles. The zero-order valence-corrected chi connectivity index (χ0v) is 35.3. The molecule has 0 bridgehead atoms. The Bertz CT molecular complexity index is 1930. The average Bonchev–Trinajstić information content (AvgIpc) is 4.02. The number of morpholine rings is 1. The van der Waals surface area contributed by atoms with E-state index in [1.54, 1.807) is 4.90 Å². The quantitative estimate of drug-likeness (QED) is 0.292. The summed E-state index contributed by atoms with van der Waals surface area (Å²) in [5.74, 6) is -2.42. The summed E-state index contributed by atoms with van der Waals surface area (Å²) < 4.78 is 45.1. The third-order valence-electron chi connectivity index (χ3n) is 13.3. The van der Waals surface area contributed by atoms with Crippen LogP contribution in [0.4, 0.5) is 9.59 Å². The molecule has 0 radical (unpaired) electrons. The average molecular weight is 853 g/mol. The Hall–Kier alpha value is -4.22. The minimum Gasteiger partial charge on any atom is -0.446 e. The number of benzene rings is 1. The highest BCUT2D eigenvalue weighted by Crippen LogP contribution is 2.46. The van der Waals surface area contributed by atoms with Crippen LogP contribution >= 0.6 is 0 Å². The first kappa shape index (κ1) is 42.5. The number of hydrogen-bond donors (Lipinski definition) is 3. The number of ether oxygens (including phenoxy) is 3. The fourth-order valence-corrected chi connectivity index (χ4v) is 10.8. The molecule has 8 rings (SSSR count). The Kier molecular flexibility index (Phi) is 13.0. The monoisotopic (exact) mass is 852 g/mol. The lowest BCUT2D eigenvalue weighted by molar-refractivity contribution is -0.141. The number of carbonyl (C=O) groups is 5. The fraction of sp³-hybridized carbons (Fsp3) is 0.698. The van der Waals surface area contributed by atoms with Crippen molar-refractivity contribution < 1.29 is 46.6 Å². The lowest BCUT2D eigenvalue weighted by Crippen LogP contribution is -2.58. The first-order valence-corrected chi connectivity index (χ1v) is 23.7. The first-order valence-electron chi connectivity index (χ1n) is 22.2. The molecule has 0 spiro atoms. The van der Waals surface area contributed by atoms with Crippen molar-refractivity contribution in [2.75, 3.05) is 39.4 Å².